The molecule has 0 N–H and O–H groups in total. The van der Waals surface area contributed by atoms with Gasteiger partial charge in [0, 0.05) is 18.1 Å². The second-order valence-electron chi connectivity index (χ2n) is 3.09. The first-order valence-corrected chi connectivity index (χ1v) is 6.34. The van der Waals surface area contributed by atoms with Crippen molar-refractivity contribution in [3.63, 3.8) is 0 Å². The minimum absolute atomic E-state index is 0.496. The molecule has 0 atom stereocenters. The van der Waals surface area contributed by atoms with Crippen LogP contribution in [0.1, 0.15) is 5.69 Å². The molecule has 0 fully saturated rings. The molecule has 0 radical (unpaired) electrons. The van der Waals surface area contributed by atoms with E-state index in [4.69, 9.17) is 4.74 Å². The van der Waals surface area contributed by atoms with Gasteiger partial charge in [-0.05, 0) is 40.7 Å². The molecule has 7 heteroatoms. The number of hydrogen-bond acceptors (Lipinski definition) is 6. The number of nitrogens with zero attached hydrogens (tertiary/aromatic N) is 4. The Balaban J connectivity index is 2.24. The molecule has 0 saturated heterocycles. The van der Waals surface area contributed by atoms with E-state index in [9.17, 15) is 0 Å². The van der Waals surface area contributed by atoms with E-state index in [2.05, 4.69) is 35.9 Å². The quantitative estimate of drug-likeness (QED) is 0.811. The molecule has 0 spiro atoms. The third-order valence-electron chi connectivity index (χ3n) is 1.84. The predicted octanol–water partition coefficient (Wildman–Crippen LogP) is 2.50. The third kappa shape index (κ3) is 3.13. The SMILES string of the molecule is COc1nc(Sc2nccc(C)n2)ncc1Br. The van der Waals surface area contributed by atoms with E-state index in [0.29, 0.717) is 16.2 Å². The molecule has 2 heterocycles. The molecule has 0 unspecified atom stereocenters. The topological polar surface area (TPSA) is 60.8 Å². The molecule has 5 nitrogen and oxygen atoms in total. The summed E-state index contributed by atoms with van der Waals surface area (Å²) in [6.07, 6.45) is 3.35. The van der Waals surface area contributed by atoms with Crippen molar-refractivity contribution in [3.05, 3.63) is 28.6 Å². The number of methoxy groups -OCH3 is 1. The number of aromatic nitrogens is 4. The minimum atomic E-state index is 0.496. The van der Waals surface area contributed by atoms with Gasteiger partial charge in [-0.3, -0.25) is 0 Å². The molecule has 2 aromatic heterocycles. The van der Waals surface area contributed by atoms with Crippen LogP contribution in [0.4, 0.5) is 0 Å². The predicted molar refractivity (Wildman–Crippen MR) is 67.2 cm³/mol. The maximum atomic E-state index is 5.09. The molecule has 0 amide bonds. The highest BCUT2D eigenvalue weighted by Gasteiger charge is 2.08. The van der Waals surface area contributed by atoms with Crippen LogP contribution in [-0.2, 0) is 0 Å². The smallest absolute Gasteiger partial charge is 0.231 e. The van der Waals surface area contributed by atoms with E-state index >= 15 is 0 Å². The molecule has 17 heavy (non-hydrogen) atoms. The lowest BCUT2D eigenvalue weighted by molar-refractivity contribution is 0.389. The summed E-state index contributed by atoms with van der Waals surface area (Å²) in [4.78, 5) is 16.8. The first kappa shape index (κ1) is 12.3. The summed E-state index contributed by atoms with van der Waals surface area (Å²) in [6.45, 7) is 1.91. The van der Waals surface area contributed by atoms with Crippen LogP contribution in [0.2, 0.25) is 0 Å². The van der Waals surface area contributed by atoms with Crippen molar-refractivity contribution in [1.29, 1.82) is 0 Å². The van der Waals surface area contributed by atoms with E-state index in [1.165, 1.54) is 11.8 Å². The Labute approximate surface area is 111 Å². The lowest BCUT2D eigenvalue weighted by atomic mass is 10.5. The van der Waals surface area contributed by atoms with Crippen molar-refractivity contribution in [3.8, 4) is 5.88 Å². The fourth-order valence-electron chi connectivity index (χ4n) is 1.09. The molecular weight excluding hydrogens is 304 g/mol. The Hall–Kier alpha value is -1.21. The zero-order valence-corrected chi connectivity index (χ0v) is 11.6. The van der Waals surface area contributed by atoms with Gasteiger partial charge in [0.1, 0.15) is 0 Å². The zero-order chi connectivity index (χ0) is 12.3. The Bertz CT molecular complexity index is 537. The van der Waals surface area contributed by atoms with Gasteiger partial charge in [-0.15, -0.1) is 0 Å². The van der Waals surface area contributed by atoms with Gasteiger partial charge in [0.05, 0.1) is 11.6 Å². The molecule has 0 saturated carbocycles. The monoisotopic (exact) mass is 312 g/mol. The van der Waals surface area contributed by atoms with Crippen molar-refractivity contribution in [1.82, 2.24) is 19.9 Å². The third-order valence-corrected chi connectivity index (χ3v) is 3.14. The number of ether oxygens (including phenoxy) is 1. The van der Waals surface area contributed by atoms with Crippen molar-refractivity contribution < 1.29 is 4.74 Å². The fourth-order valence-corrected chi connectivity index (χ4v) is 2.14. The molecule has 0 aliphatic heterocycles. The second kappa shape index (κ2) is 5.42. The van der Waals surface area contributed by atoms with Crippen LogP contribution in [0, 0.1) is 6.92 Å². The highest BCUT2D eigenvalue weighted by molar-refractivity contribution is 9.10. The van der Waals surface area contributed by atoms with Crippen LogP contribution >= 0.6 is 27.7 Å². The molecule has 0 aromatic carbocycles. The summed E-state index contributed by atoms with van der Waals surface area (Å²) >= 11 is 4.59. The summed E-state index contributed by atoms with van der Waals surface area (Å²) in [5.41, 5.74) is 0.909. The molecular formula is C10H9BrN4OS. The Morgan fingerprint density at radius 3 is 2.71 bits per heavy atom. The number of rotatable bonds is 3. The van der Waals surface area contributed by atoms with Gasteiger partial charge >= 0.3 is 0 Å². The van der Waals surface area contributed by atoms with Crippen molar-refractivity contribution in [2.45, 2.75) is 17.2 Å². The summed E-state index contributed by atoms with van der Waals surface area (Å²) in [5.74, 6) is 0.496. The van der Waals surface area contributed by atoms with E-state index in [-0.39, 0.29) is 0 Å². The largest absolute Gasteiger partial charge is 0.480 e. The van der Waals surface area contributed by atoms with Crippen LogP contribution in [0.3, 0.4) is 0 Å². The minimum Gasteiger partial charge on any atom is -0.480 e. The molecule has 0 aliphatic carbocycles. The molecule has 2 aromatic rings. The van der Waals surface area contributed by atoms with Crippen molar-refractivity contribution in [2.24, 2.45) is 0 Å². The Morgan fingerprint density at radius 1 is 1.24 bits per heavy atom. The van der Waals surface area contributed by atoms with Crippen LogP contribution < -0.4 is 4.74 Å². The van der Waals surface area contributed by atoms with Gasteiger partial charge in [-0.25, -0.2) is 15.0 Å². The van der Waals surface area contributed by atoms with Gasteiger partial charge in [-0.2, -0.15) is 4.98 Å². The highest BCUT2D eigenvalue weighted by Crippen LogP contribution is 2.26. The maximum Gasteiger partial charge on any atom is 0.231 e. The second-order valence-corrected chi connectivity index (χ2v) is 4.88. The maximum absolute atomic E-state index is 5.09. The molecule has 0 aliphatic rings. The average molecular weight is 313 g/mol. The van der Waals surface area contributed by atoms with E-state index in [0.717, 1.165) is 10.2 Å². The highest BCUT2D eigenvalue weighted by atomic mass is 79.9. The van der Waals surface area contributed by atoms with Crippen LogP contribution in [0.25, 0.3) is 0 Å². The van der Waals surface area contributed by atoms with Gasteiger partial charge in [0.2, 0.25) is 5.88 Å². The van der Waals surface area contributed by atoms with Gasteiger partial charge in [-0.1, -0.05) is 0 Å². The van der Waals surface area contributed by atoms with E-state index < -0.39 is 0 Å². The number of halogens is 1. The van der Waals surface area contributed by atoms with Crippen molar-refractivity contribution in [2.75, 3.05) is 7.11 Å². The first-order valence-electron chi connectivity index (χ1n) is 4.73. The molecule has 2 rings (SSSR count). The summed E-state index contributed by atoms with van der Waals surface area (Å²) in [5, 5.41) is 1.17. The normalized spacial score (nSPS) is 10.3. The first-order chi connectivity index (χ1) is 8.19. The van der Waals surface area contributed by atoms with Gasteiger partial charge in [0.15, 0.2) is 10.3 Å². The average Bonchev–Trinajstić information content (AvgIpc) is 2.32. The fraction of sp³-hybridized carbons (Fsp3) is 0.200. The summed E-state index contributed by atoms with van der Waals surface area (Å²) in [7, 11) is 1.56. The van der Waals surface area contributed by atoms with Gasteiger partial charge < -0.3 is 4.74 Å². The zero-order valence-electron chi connectivity index (χ0n) is 9.22. The lowest BCUT2D eigenvalue weighted by Gasteiger charge is -2.03. The molecule has 88 valence electrons. The summed E-state index contributed by atoms with van der Waals surface area (Å²) < 4.78 is 5.81. The van der Waals surface area contributed by atoms with E-state index in [1.807, 2.05) is 13.0 Å². The number of aryl methyl sites for hydroxylation is 1. The van der Waals surface area contributed by atoms with Crippen LogP contribution in [0.15, 0.2) is 33.2 Å². The number of hydrogen-bond donors (Lipinski definition) is 0. The van der Waals surface area contributed by atoms with Crippen LogP contribution in [-0.4, -0.2) is 27.0 Å². The van der Waals surface area contributed by atoms with E-state index in [1.54, 1.807) is 19.5 Å². The Kier molecular flexibility index (Phi) is 3.90. The standard InChI is InChI=1S/C10H9BrN4OS/c1-6-3-4-12-9(14-6)17-10-13-5-7(11)8(15-10)16-2/h3-5H,1-2H3. The van der Waals surface area contributed by atoms with Gasteiger partial charge in [0.25, 0.3) is 0 Å². The Morgan fingerprint density at radius 2 is 2.00 bits per heavy atom. The van der Waals surface area contributed by atoms with Crippen LogP contribution in [0.5, 0.6) is 5.88 Å². The van der Waals surface area contributed by atoms with Crippen molar-refractivity contribution >= 4 is 27.7 Å². The lowest BCUT2D eigenvalue weighted by Crippen LogP contribution is -1.95. The molecule has 0 bridgehead atoms. The summed E-state index contributed by atoms with van der Waals surface area (Å²) in [6, 6.07) is 1.84.